The van der Waals surface area contributed by atoms with Crippen molar-refractivity contribution in [3.63, 3.8) is 0 Å². The largest absolute Gasteiger partial charge is 0.352 e. The molecule has 0 bridgehead atoms. The highest BCUT2D eigenvalue weighted by Crippen LogP contribution is 2.47. The zero-order valence-corrected chi connectivity index (χ0v) is 10.1. The van der Waals surface area contributed by atoms with Gasteiger partial charge in [0.05, 0.1) is 0 Å². The number of piperidine rings is 1. The molecule has 0 aromatic rings. The zero-order valence-electron chi connectivity index (χ0n) is 10.1. The number of nitrogens with one attached hydrogen (secondary N) is 1. The lowest BCUT2D eigenvalue weighted by Crippen LogP contribution is -2.47. The molecule has 0 radical (unpaired) electrons. The standard InChI is InChI=1S/C12H21FN2O/c1-9(16)14-11-4-3-5-15(8-11)7-10-6-12(10,2)13/h10-11H,3-8H2,1-2H3,(H,14,16). The van der Waals surface area contributed by atoms with Gasteiger partial charge in [0.2, 0.25) is 5.91 Å². The molecule has 3 unspecified atom stereocenters. The van der Waals surface area contributed by atoms with E-state index in [4.69, 9.17) is 0 Å². The highest BCUT2D eigenvalue weighted by molar-refractivity contribution is 5.73. The summed E-state index contributed by atoms with van der Waals surface area (Å²) < 4.78 is 13.4. The molecule has 1 aliphatic carbocycles. The average molecular weight is 228 g/mol. The number of nitrogens with zero attached hydrogens (tertiary/aromatic N) is 1. The van der Waals surface area contributed by atoms with Crippen molar-refractivity contribution in [2.75, 3.05) is 19.6 Å². The molecule has 1 aliphatic heterocycles. The van der Waals surface area contributed by atoms with Crippen molar-refractivity contribution in [3.05, 3.63) is 0 Å². The van der Waals surface area contributed by atoms with Crippen LogP contribution in [0.15, 0.2) is 0 Å². The number of likely N-dealkylation sites (tertiary alicyclic amines) is 1. The number of amides is 1. The second kappa shape index (κ2) is 4.32. The number of carbonyl (C=O) groups is 1. The summed E-state index contributed by atoms with van der Waals surface area (Å²) in [7, 11) is 0. The minimum atomic E-state index is -0.930. The summed E-state index contributed by atoms with van der Waals surface area (Å²) in [5.41, 5.74) is -0.930. The Hall–Kier alpha value is -0.640. The minimum Gasteiger partial charge on any atom is -0.352 e. The van der Waals surface area contributed by atoms with Crippen molar-refractivity contribution in [1.29, 1.82) is 0 Å². The lowest BCUT2D eigenvalue weighted by Gasteiger charge is -2.33. The van der Waals surface area contributed by atoms with Crippen molar-refractivity contribution >= 4 is 5.91 Å². The van der Waals surface area contributed by atoms with E-state index in [1.54, 1.807) is 13.8 Å². The van der Waals surface area contributed by atoms with Crippen LogP contribution in [-0.2, 0) is 4.79 Å². The monoisotopic (exact) mass is 228 g/mol. The highest BCUT2D eigenvalue weighted by atomic mass is 19.1. The van der Waals surface area contributed by atoms with Crippen LogP contribution in [-0.4, -0.2) is 42.2 Å². The van der Waals surface area contributed by atoms with E-state index < -0.39 is 5.67 Å². The molecular weight excluding hydrogens is 207 g/mol. The molecule has 1 heterocycles. The molecule has 1 saturated heterocycles. The highest BCUT2D eigenvalue weighted by Gasteiger charge is 2.51. The molecule has 0 spiro atoms. The van der Waals surface area contributed by atoms with Crippen molar-refractivity contribution in [1.82, 2.24) is 10.2 Å². The maximum atomic E-state index is 13.4. The first-order valence-electron chi connectivity index (χ1n) is 6.16. The first-order chi connectivity index (χ1) is 7.47. The van der Waals surface area contributed by atoms with Crippen molar-refractivity contribution in [2.45, 2.75) is 44.8 Å². The molecule has 2 aliphatic rings. The molecular formula is C12H21FN2O. The van der Waals surface area contributed by atoms with Gasteiger partial charge in [-0.1, -0.05) is 0 Å². The topological polar surface area (TPSA) is 32.3 Å². The predicted molar refractivity (Wildman–Crippen MR) is 60.9 cm³/mol. The summed E-state index contributed by atoms with van der Waals surface area (Å²) in [6.45, 7) is 6.02. The Kier molecular flexibility index (Phi) is 3.19. The van der Waals surface area contributed by atoms with Gasteiger partial charge in [-0.3, -0.25) is 4.79 Å². The van der Waals surface area contributed by atoms with E-state index in [0.29, 0.717) is 6.42 Å². The molecule has 0 aromatic carbocycles. The third kappa shape index (κ3) is 2.94. The fraction of sp³-hybridized carbons (Fsp3) is 0.917. The number of hydrogen-bond donors (Lipinski definition) is 1. The normalized spacial score (nSPS) is 39.4. The number of carbonyl (C=O) groups excluding carboxylic acids is 1. The molecule has 3 atom stereocenters. The van der Waals surface area contributed by atoms with E-state index in [9.17, 15) is 9.18 Å². The van der Waals surface area contributed by atoms with Gasteiger partial charge in [0, 0.05) is 32.0 Å². The van der Waals surface area contributed by atoms with Gasteiger partial charge in [0.25, 0.3) is 0 Å². The van der Waals surface area contributed by atoms with Gasteiger partial charge >= 0.3 is 0 Å². The molecule has 2 rings (SSSR count). The minimum absolute atomic E-state index is 0.0357. The van der Waals surface area contributed by atoms with Crippen LogP contribution in [0, 0.1) is 5.92 Å². The van der Waals surface area contributed by atoms with Gasteiger partial charge in [-0.15, -0.1) is 0 Å². The van der Waals surface area contributed by atoms with Crippen LogP contribution < -0.4 is 5.32 Å². The fourth-order valence-electron chi connectivity index (χ4n) is 2.62. The van der Waals surface area contributed by atoms with E-state index in [1.165, 1.54) is 0 Å². The quantitative estimate of drug-likeness (QED) is 0.790. The van der Waals surface area contributed by atoms with Gasteiger partial charge in [0.15, 0.2) is 0 Å². The molecule has 1 saturated carbocycles. The number of hydrogen-bond acceptors (Lipinski definition) is 2. The second-order valence-electron chi connectivity index (χ2n) is 5.48. The van der Waals surface area contributed by atoms with Crippen LogP contribution in [0.1, 0.15) is 33.1 Å². The summed E-state index contributed by atoms with van der Waals surface area (Å²) >= 11 is 0. The predicted octanol–water partition coefficient (Wildman–Crippen LogP) is 1.33. The molecule has 92 valence electrons. The lowest BCUT2D eigenvalue weighted by atomic mass is 10.1. The molecule has 2 fully saturated rings. The summed E-state index contributed by atoms with van der Waals surface area (Å²) in [6, 6.07) is 0.260. The van der Waals surface area contributed by atoms with Gasteiger partial charge in [-0.25, -0.2) is 4.39 Å². The third-order valence-electron chi connectivity index (χ3n) is 3.73. The molecule has 1 amide bonds. The van der Waals surface area contributed by atoms with Crippen molar-refractivity contribution in [3.8, 4) is 0 Å². The summed E-state index contributed by atoms with van der Waals surface area (Å²) in [5, 5.41) is 2.95. The number of rotatable bonds is 3. The Morgan fingerprint density at radius 3 is 2.88 bits per heavy atom. The summed E-state index contributed by atoms with van der Waals surface area (Å²) in [4.78, 5) is 13.3. The van der Waals surface area contributed by atoms with Gasteiger partial charge in [-0.05, 0) is 32.7 Å². The molecule has 1 N–H and O–H groups in total. The van der Waals surface area contributed by atoms with E-state index in [-0.39, 0.29) is 17.9 Å². The first kappa shape index (κ1) is 11.8. The Morgan fingerprint density at radius 2 is 2.31 bits per heavy atom. The Balaban J connectivity index is 1.76. The SMILES string of the molecule is CC(=O)NC1CCCN(CC2CC2(C)F)C1. The van der Waals surface area contributed by atoms with Crippen LogP contribution in [0.5, 0.6) is 0 Å². The average Bonchev–Trinajstić information content (AvgIpc) is 2.72. The molecule has 3 nitrogen and oxygen atoms in total. The van der Waals surface area contributed by atoms with Crippen molar-refractivity contribution < 1.29 is 9.18 Å². The molecule has 16 heavy (non-hydrogen) atoms. The fourth-order valence-corrected chi connectivity index (χ4v) is 2.62. The maximum Gasteiger partial charge on any atom is 0.217 e. The van der Waals surface area contributed by atoms with Gasteiger partial charge in [0.1, 0.15) is 5.67 Å². The van der Waals surface area contributed by atoms with E-state index in [0.717, 1.165) is 32.5 Å². The zero-order chi connectivity index (χ0) is 11.8. The Labute approximate surface area is 96.4 Å². The lowest BCUT2D eigenvalue weighted by molar-refractivity contribution is -0.120. The van der Waals surface area contributed by atoms with E-state index in [2.05, 4.69) is 10.2 Å². The summed E-state index contributed by atoms with van der Waals surface area (Å²) in [6.07, 6.45) is 2.85. The third-order valence-corrected chi connectivity index (χ3v) is 3.73. The first-order valence-corrected chi connectivity index (χ1v) is 6.16. The van der Waals surface area contributed by atoms with Gasteiger partial charge < -0.3 is 10.2 Å². The smallest absolute Gasteiger partial charge is 0.217 e. The molecule has 4 heteroatoms. The van der Waals surface area contributed by atoms with Crippen LogP contribution in [0.3, 0.4) is 0 Å². The number of alkyl halides is 1. The molecule has 0 aromatic heterocycles. The number of halogens is 1. The van der Waals surface area contributed by atoms with E-state index in [1.807, 2.05) is 0 Å². The van der Waals surface area contributed by atoms with Crippen LogP contribution in [0.2, 0.25) is 0 Å². The van der Waals surface area contributed by atoms with Gasteiger partial charge in [-0.2, -0.15) is 0 Å². The van der Waals surface area contributed by atoms with Crippen LogP contribution in [0.4, 0.5) is 4.39 Å². The summed E-state index contributed by atoms with van der Waals surface area (Å²) in [5.74, 6) is 0.247. The van der Waals surface area contributed by atoms with Crippen molar-refractivity contribution in [2.24, 2.45) is 5.92 Å². The Morgan fingerprint density at radius 1 is 1.62 bits per heavy atom. The van der Waals surface area contributed by atoms with Crippen LogP contribution in [0.25, 0.3) is 0 Å². The Bertz CT molecular complexity index is 280. The maximum absolute atomic E-state index is 13.4. The van der Waals surface area contributed by atoms with E-state index >= 15 is 0 Å². The second-order valence-corrected chi connectivity index (χ2v) is 5.48. The van der Waals surface area contributed by atoms with Crippen LogP contribution >= 0.6 is 0 Å².